The molecule has 1 atom stereocenters. The van der Waals surface area contributed by atoms with E-state index < -0.39 is 6.04 Å². The lowest BCUT2D eigenvalue weighted by atomic mass is 10.0. The van der Waals surface area contributed by atoms with Crippen LogP contribution in [0, 0.1) is 0 Å². The molecule has 2 aromatic carbocycles. The lowest BCUT2D eigenvalue weighted by Gasteiger charge is -2.16. The molecular formula is C19H18FN3O3S. The zero-order valence-corrected chi connectivity index (χ0v) is 15.1. The molecule has 0 aliphatic carbocycles. The monoisotopic (exact) mass is 387 g/mol. The molecule has 140 valence electrons. The third-order valence-electron chi connectivity index (χ3n) is 4.25. The smallest absolute Gasteiger partial charge is 0.246 e. The maximum absolute atomic E-state index is 12.5. The predicted octanol–water partition coefficient (Wildman–Crippen LogP) is 3.54. The van der Waals surface area contributed by atoms with E-state index in [2.05, 4.69) is 15.6 Å². The summed E-state index contributed by atoms with van der Waals surface area (Å²) in [6.07, 6.45) is 3.23. The second-order valence-electron chi connectivity index (χ2n) is 6.01. The van der Waals surface area contributed by atoms with Gasteiger partial charge in [-0.05, 0) is 60.9 Å². The molecule has 1 unspecified atom stereocenters. The molecule has 0 bridgehead atoms. The Labute approximate surface area is 159 Å². The average molecular weight is 387 g/mol. The van der Waals surface area contributed by atoms with Crippen molar-refractivity contribution in [1.29, 1.82) is 0 Å². The predicted molar refractivity (Wildman–Crippen MR) is 103 cm³/mol. The average Bonchev–Trinajstić information content (AvgIpc) is 3.07. The van der Waals surface area contributed by atoms with Gasteiger partial charge in [0.25, 0.3) is 0 Å². The van der Waals surface area contributed by atoms with Gasteiger partial charge in [0.2, 0.25) is 12.3 Å². The van der Waals surface area contributed by atoms with Crippen molar-refractivity contribution in [2.45, 2.75) is 23.8 Å². The first kappa shape index (κ1) is 18.8. The minimum Gasteiger partial charge on any atom is -0.508 e. The number of aromatic amines is 1. The zero-order chi connectivity index (χ0) is 19.2. The minimum absolute atomic E-state index is 0.127. The number of anilines is 1. The molecule has 3 aromatic rings. The molecule has 0 radical (unpaired) electrons. The summed E-state index contributed by atoms with van der Waals surface area (Å²) in [6.45, 7) is 0. The number of aromatic nitrogens is 1. The second kappa shape index (κ2) is 8.59. The van der Waals surface area contributed by atoms with Crippen LogP contribution < -0.4 is 10.6 Å². The Morgan fingerprint density at radius 3 is 2.74 bits per heavy atom. The van der Waals surface area contributed by atoms with Crippen LogP contribution in [0.1, 0.15) is 12.0 Å². The summed E-state index contributed by atoms with van der Waals surface area (Å²) in [7, 11) is 0. The first-order valence-electron chi connectivity index (χ1n) is 8.29. The fourth-order valence-corrected chi connectivity index (χ4v) is 3.10. The Bertz CT molecular complexity index is 943. The van der Waals surface area contributed by atoms with Gasteiger partial charge in [-0.3, -0.25) is 9.59 Å². The van der Waals surface area contributed by atoms with Crippen molar-refractivity contribution < 1.29 is 18.6 Å². The number of halogens is 1. The molecule has 1 aromatic heterocycles. The van der Waals surface area contributed by atoms with Crippen LogP contribution in [-0.4, -0.2) is 28.4 Å². The number of hydrogen-bond acceptors (Lipinski definition) is 4. The summed E-state index contributed by atoms with van der Waals surface area (Å²) in [5, 5.41) is 15.8. The zero-order valence-electron chi connectivity index (χ0n) is 14.2. The van der Waals surface area contributed by atoms with Crippen LogP contribution in [0.4, 0.5) is 9.57 Å². The van der Waals surface area contributed by atoms with Gasteiger partial charge in [-0.2, -0.15) is 3.89 Å². The van der Waals surface area contributed by atoms with E-state index in [1.54, 1.807) is 42.5 Å². The number of phenols is 1. The van der Waals surface area contributed by atoms with Crippen LogP contribution in [0.5, 0.6) is 5.75 Å². The van der Waals surface area contributed by atoms with E-state index in [0.717, 1.165) is 16.5 Å². The van der Waals surface area contributed by atoms with Gasteiger partial charge in [0.15, 0.2) is 0 Å². The summed E-state index contributed by atoms with van der Waals surface area (Å²) >= 11 is 0.127. The number of amides is 2. The van der Waals surface area contributed by atoms with Gasteiger partial charge in [0.05, 0.1) is 12.1 Å². The van der Waals surface area contributed by atoms with E-state index >= 15 is 0 Å². The van der Waals surface area contributed by atoms with E-state index in [0.29, 0.717) is 29.8 Å². The minimum atomic E-state index is -0.722. The maximum Gasteiger partial charge on any atom is 0.246 e. The number of benzene rings is 2. The molecule has 8 heteroatoms. The van der Waals surface area contributed by atoms with E-state index in [1.165, 1.54) is 0 Å². The molecule has 2 amide bonds. The number of hydrogen-bond donors (Lipinski definition) is 4. The van der Waals surface area contributed by atoms with Gasteiger partial charge in [0.1, 0.15) is 11.8 Å². The first-order chi connectivity index (χ1) is 13.1. The fraction of sp³-hybridized carbons (Fsp3) is 0.158. The van der Waals surface area contributed by atoms with Crippen molar-refractivity contribution in [3.05, 3.63) is 54.2 Å². The van der Waals surface area contributed by atoms with Crippen LogP contribution in [0.3, 0.4) is 0 Å². The molecule has 0 fully saturated rings. The van der Waals surface area contributed by atoms with Gasteiger partial charge in [0, 0.05) is 27.7 Å². The van der Waals surface area contributed by atoms with E-state index in [9.17, 15) is 18.6 Å². The summed E-state index contributed by atoms with van der Waals surface area (Å²) in [5.74, 6) is -0.191. The molecule has 27 heavy (non-hydrogen) atoms. The number of fused-ring (bicyclic) bond motifs is 1. The third-order valence-corrected chi connectivity index (χ3v) is 4.70. The van der Waals surface area contributed by atoms with Gasteiger partial charge < -0.3 is 20.7 Å². The summed E-state index contributed by atoms with van der Waals surface area (Å²) < 4.78 is 12.5. The molecule has 6 nitrogen and oxygen atoms in total. The molecule has 0 saturated heterocycles. The summed E-state index contributed by atoms with van der Waals surface area (Å²) in [4.78, 5) is 26.9. The summed E-state index contributed by atoms with van der Waals surface area (Å²) in [5.41, 5.74) is 2.35. The Kier molecular flexibility index (Phi) is 5.97. The van der Waals surface area contributed by atoms with Crippen LogP contribution in [0.25, 0.3) is 10.9 Å². The SMILES string of the molecule is O=CNC(CCc1c[nH]c2ccc(O)cc12)C(=O)Nc1ccc(SF)cc1. The number of carbonyl (C=O) groups excluding carboxylic acids is 2. The van der Waals surface area contributed by atoms with E-state index in [4.69, 9.17) is 0 Å². The van der Waals surface area contributed by atoms with Crippen molar-refractivity contribution in [2.75, 3.05) is 5.32 Å². The number of carbonyl (C=O) groups is 2. The van der Waals surface area contributed by atoms with Crippen molar-refractivity contribution in [3.63, 3.8) is 0 Å². The lowest BCUT2D eigenvalue weighted by molar-refractivity contribution is -0.121. The number of aryl methyl sites for hydroxylation is 1. The normalized spacial score (nSPS) is 11.9. The van der Waals surface area contributed by atoms with Crippen LogP contribution in [0.2, 0.25) is 0 Å². The van der Waals surface area contributed by atoms with Crippen LogP contribution >= 0.6 is 12.1 Å². The standard InChI is InChI=1S/C19H18FN3O3S/c20-27-15-5-2-13(3-6-15)23-19(26)18(22-11-24)7-1-12-10-21-17-8-4-14(25)9-16(12)17/h2-6,8-11,18,21,25H,1,7H2,(H,22,24)(H,23,26). The number of H-pyrrole nitrogens is 1. The van der Waals surface area contributed by atoms with Crippen molar-refractivity contribution in [3.8, 4) is 5.75 Å². The highest BCUT2D eigenvalue weighted by Gasteiger charge is 2.18. The van der Waals surface area contributed by atoms with Gasteiger partial charge in [-0.15, -0.1) is 0 Å². The highest BCUT2D eigenvalue weighted by Crippen LogP contribution is 2.24. The Morgan fingerprint density at radius 1 is 1.26 bits per heavy atom. The molecule has 0 saturated carbocycles. The molecular weight excluding hydrogens is 369 g/mol. The highest BCUT2D eigenvalue weighted by atomic mass is 32.2. The van der Waals surface area contributed by atoms with Crippen molar-refractivity contribution in [1.82, 2.24) is 10.3 Å². The molecule has 0 aliphatic heterocycles. The highest BCUT2D eigenvalue weighted by molar-refractivity contribution is 7.94. The Hall–Kier alpha value is -3.00. The topological polar surface area (TPSA) is 94.2 Å². The third kappa shape index (κ3) is 4.59. The largest absolute Gasteiger partial charge is 0.508 e. The quantitative estimate of drug-likeness (QED) is 0.445. The van der Waals surface area contributed by atoms with Crippen LogP contribution in [0.15, 0.2) is 53.6 Å². The first-order valence-corrected chi connectivity index (χ1v) is 9.00. The number of nitrogens with one attached hydrogen (secondary N) is 3. The molecule has 3 rings (SSSR count). The Balaban J connectivity index is 1.67. The Morgan fingerprint density at radius 2 is 2.04 bits per heavy atom. The molecule has 4 N–H and O–H groups in total. The van der Waals surface area contributed by atoms with Gasteiger partial charge >= 0.3 is 0 Å². The van der Waals surface area contributed by atoms with Gasteiger partial charge in [-0.1, -0.05) is 0 Å². The van der Waals surface area contributed by atoms with E-state index in [-0.39, 0.29) is 23.8 Å². The molecule has 1 heterocycles. The second-order valence-corrected chi connectivity index (χ2v) is 6.64. The number of rotatable bonds is 8. The summed E-state index contributed by atoms with van der Waals surface area (Å²) in [6, 6.07) is 10.6. The van der Waals surface area contributed by atoms with Crippen LogP contribution in [-0.2, 0) is 16.0 Å². The number of phenolic OH excluding ortho intramolecular Hbond substituents is 1. The van der Waals surface area contributed by atoms with Gasteiger partial charge in [-0.25, -0.2) is 0 Å². The van der Waals surface area contributed by atoms with E-state index in [1.807, 2.05) is 6.20 Å². The molecule has 0 aliphatic rings. The molecule has 0 spiro atoms. The number of aromatic hydroxyl groups is 1. The van der Waals surface area contributed by atoms with Crippen molar-refractivity contribution in [2.24, 2.45) is 0 Å². The maximum atomic E-state index is 12.5. The lowest BCUT2D eigenvalue weighted by Crippen LogP contribution is -2.40. The fourth-order valence-electron chi connectivity index (χ4n) is 2.86. The van der Waals surface area contributed by atoms with Crippen molar-refractivity contribution >= 4 is 41.1 Å².